The van der Waals surface area contributed by atoms with Crippen LogP contribution in [0.25, 0.3) is 21.9 Å². The van der Waals surface area contributed by atoms with Crippen molar-refractivity contribution in [2.24, 2.45) is 0 Å². The molecule has 1 saturated heterocycles. The van der Waals surface area contributed by atoms with Gasteiger partial charge < -0.3 is 19.1 Å². The van der Waals surface area contributed by atoms with Crippen molar-refractivity contribution in [2.45, 2.75) is 32.4 Å². The lowest BCUT2D eigenvalue weighted by atomic mass is 10.1. The van der Waals surface area contributed by atoms with Crippen molar-refractivity contribution in [3.63, 3.8) is 0 Å². The van der Waals surface area contributed by atoms with E-state index in [-0.39, 0.29) is 18.0 Å². The number of esters is 1. The normalized spacial score (nSPS) is 15.9. The molecule has 31 heavy (non-hydrogen) atoms. The smallest absolute Gasteiger partial charge is 0.337 e. The second-order valence-corrected chi connectivity index (χ2v) is 7.95. The first-order valence-electron chi connectivity index (χ1n) is 10.3. The number of rotatable bonds is 5. The number of aromatic hydroxyl groups is 1. The molecule has 158 valence electrons. The van der Waals surface area contributed by atoms with E-state index in [9.17, 15) is 9.90 Å². The molecule has 1 N–H and O–H groups in total. The second-order valence-electron chi connectivity index (χ2n) is 7.95. The van der Waals surface area contributed by atoms with Crippen LogP contribution in [0.2, 0.25) is 0 Å². The predicted molar refractivity (Wildman–Crippen MR) is 116 cm³/mol. The molecule has 7 heteroatoms. The fourth-order valence-electron chi connectivity index (χ4n) is 3.99. The number of carbonyl (C=O) groups is 1. The van der Waals surface area contributed by atoms with E-state index >= 15 is 0 Å². The molecule has 1 aliphatic rings. The predicted octanol–water partition coefficient (Wildman–Crippen LogP) is 3.76. The number of carbonyl (C=O) groups excluding carboxylic acids is 1. The van der Waals surface area contributed by atoms with E-state index in [1.807, 2.05) is 37.3 Å². The van der Waals surface area contributed by atoms with Crippen molar-refractivity contribution in [2.75, 3.05) is 13.7 Å². The lowest BCUT2D eigenvalue weighted by Crippen LogP contribution is -2.31. The summed E-state index contributed by atoms with van der Waals surface area (Å²) in [5, 5.41) is 11.0. The largest absolute Gasteiger partial charge is 0.493 e. The van der Waals surface area contributed by atoms with E-state index in [0.717, 1.165) is 51.9 Å². The van der Waals surface area contributed by atoms with E-state index < -0.39 is 0 Å². The van der Waals surface area contributed by atoms with Gasteiger partial charge in [-0.2, -0.15) is 0 Å². The van der Waals surface area contributed by atoms with Crippen LogP contribution in [0, 0.1) is 6.92 Å². The Kier molecular flexibility index (Phi) is 4.82. The fraction of sp³-hybridized carbons (Fsp3) is 0.292. The minimum absolute atomic E-state index is 0.0503. The molecule has 7 nitrogen and oxygen atoms in total. The van der Waals surface area contributed by atoms with Gasteiger partial charge >= 0.3 is 5.97 Å². The summed E-state index contributed by atoms with van der Waals surface area (Å²) >= 11 is 0. The number of hydrogen-bond acceptors (Lipinski definition) is 6. The summed E-state index contributed by atoms with van der Waals surface area (Å²) in [6.45, 7) is 3.30. The molecule has 2 aromatic heterocycles. The summed E-state index contributed by atoms with van der Waals surface area (Å²) in [5.74, 6) is 0.573. The zero-order chi connectivity index (χ0) is 21.5. The van der Waals surface area contributed by atoms with Crippen LogP contribution in [0.5, 0.6) is 5.88 Å². The van der Waals surface area contributed by atoms with Crippen molar-refractivity contribution in [1.82, 2.24) is 14.5 Å². The molecule has 1 aliphatic heterocycles. The summed E-state index contributed by atoms with van der Waals surface area (Å²) in [4.78, 5) is 21.2. The quantitative estimate of drug-likeness (QED) is 0.498. The molecule has 0 bridgehead atoms. The maximum absolute atomic E-state index is 12.0. The topological polar surface area (TPSA) is 86.5 Å². The van der Waals surface area contributed by atoms with Crippen LogP contribution < -0.4 is 0 Å². The van der Waals surface area contributed by atoms with Crippen molar-refractivity contribution in [3.8, 4) is 5.88 Å². The average Bonchev–Trinajstić information content (AvgIpc) is 3.07. The van der Waals surface area contributed by atoms with E-state index in [1.54, 1.807) is 6.07 Å². The van der Waals surface area contributed by atoms with Gasteiger partial charge in [-0.1, -0.05) is 12.1 Å². The number of fused-ring (bicyclic) bond motifs is 2. The first-order valence-corrected chi connectivity index (χ1v) is 10.3. The number of nitrogens with zero attached hydrogens (tertiary/aromatic N) is 3. The lowest BCUT2D eigenvalue weighted by Gasteiger charge is -2.27. The van der Waals surface area contributed by atoms with Gasteiger partial charge in [-0.05, 0) is 49.2 Å². The summed E-state index contributed by atoms with van der Waals surface area (Å²) in [6.07, 6.45) is 1.76. The van der Waals surface area contributed by atoms with Crippen LogP contribution in [0.3, 0.4) is 0 Å². The van der Waals surface area contributed by atoms with E-state index in [1.165, 1.54) is 7.11 Å². The molecule has 2 aromatic carbocycles. The number of pyridine rings is 1. The van der Waals surface area contributed by atoms with Crippen molar-refractivity contribution < 1.29 is 19.4 Å². The third kappa shape index (κ3) is 3.61. The molecule has 0 saturated carbocycles. The van der Waals surface area contributed by atoms with Gasteiger partial charge in [0.05, 0.1) is 41.9 Å². The molecule has 4 aromatic rings. The van der Waals surface area contributed by atoms with Crippen LogP contribution in [-0.4, -0.2) is 45.4 Å². The Morgan fingerprint density at radius 2 is 2.03 bits per heavy atom. The van der Waals surface area contributed by atoms with Crippen molar-refractivity contribution in [3.05, 3.63) is 65.0 Å². The Morgan fingerprint density at radius 1 is 1.19 bits per heavy atom. The Bertz CT molecular complexity index is 1310. The highest BCUT2D eigenvalue weighted by Crippen LogP contribution is 2.26. The first kappa shape index (κ1) is 19.5. The number of aryl methyl sites for hydroxylation is 1. The molecule has 0 spiro atoms. The third-order valence-corrected chi connectivity index (χ3v) is 5.84. The molecule has 3 heterocycles. The minimum Gasteiger partial charge on any atom is -0.493 e. The Hall–Kier alpha value is -3.45. The summed E-state index contributed by atoms with van der Waals surface area (Å²) in [6, 6.07) is 13.4. The molecule has 5 rings (SSSR count). The Labute approximate surface area is 179 Å². The maximum atomic E-state index is 12.0. The molecule has 0 amide bonds. The number of imidazole rings is 1. The van der Waals surface area contributed by atoms with Crippen molar-refractivity contribution in [1.29, 1.82) is 0 Å². The minimum atomic E-state index is -0.369. The highest BCUT2D eigenvalue weighted by Gasteiger charge is 2.22. The second kappa shape index (κ2) is 7.67. The molecule has 0 aliphatic carbocycles. The van der Waals surface area contributed by atoms with Gasteiger partial charge in [0.15, 0.2) is 0 Å². The standard InChI is InChI=1S/C24H23N3O4/c1-14-9-16-4-3-15(10-20(16)26-23(14)28)11-22-25-19-6-5-17(24(29)30-2)12-21(19)27(22)13-18-7-8-31-18/h3-6,9-10,12,18H,7-8,11,13H2,1-2H3,(H,26,28)/t18-/m0/s1. The van der Waals surface area contributed by atoms with E-state index in [4.69, 9.17) is 14.5 Å². The third-order valence-electron chi connectivity index (χ3n) is 5.84. The van der Waals surface area contributed by atoms with Crippen LogP contribution in [0.1, 0.15) is 33.7 Å². The monoisotopic (exact) mass is 417 g/mol. The van der Waals surface area contributed by atoms with E-state index in [2.05, 4.69) is 15.6 Å². The zero-order valence-electron chi connectivity index (χ0n) is 17.5. The van der Waals surface area contributed by atoms with Gasteiger partial charge in [0, 0.05) is 24.0 Å². The van der Waals surface area contributed by atoms with Crippen molar-refractivity contribution >= 4 is 27.9 Å². The first-order chi connectivity index (χ1) is 15.0. The molecule has 1 fully saturated rings. The van der Waals surface area contributed by atoms with Gasteiger partial charge in [-0.3, -0.25) is 0 Å². The molecule has 0 unspecified atom stereocenters. The fourth-order valence-corrected chi connectivity index (χ4v) is 3.99. The highest BCUT2D eigenvalue weighted by atomic mass is 16.5. The van der Waals surface area contributed by atoms with E-state index in [0.29, 0.717) is 18.5 Å². The molecular weight excluding hydrogens is 394 g/mol. The van der Waals surface area contributed by atoms with Gasteiger partial charge in [0.25, 0.3) is 0 Å². The number of methoxy groups -OCH3 is 1. The molecule has 0 radical (unpaired) electrons. The van der Waals surface area contributed by atoms with Gasteiger partial charge in [0.2, 0.25) is 5.88 Å². The summed E-state index contributed by atoms with van der Waals surface area (Å²) < 4.78 is 12.7. The SMILES string of the molecule is COC(=O)c1ccc2nc(Cc3ccc4cc(C)c(O)nc4c3)n(C[C@@H]3CCO3)c2c1. The summed E-state index contributed by atoms with van der Waals surface area (Å²) in [7, 11) is 1.38. The van der Waals surface area contributed by atoms with Crippen LogP contribution in [0.4, 0.5) is 0 Å². The number of hydrogen-bond donors (Lipinski definition) is 1. The Balaban J connectivity index is 1.56. The van der Waals surface area contributed by atoms with Gasteiger partial charge in [0.1, 0.15) is 5.82 Å². The average molecular weight is 417 g/mol. The zero-order valence-corrected chi connectivity index (χ0v) is 17.5. The van der Waals surface area contributed by atoms with Gasteiger partial charge in [-0.15, -0.1) is 0 Å². The van der Waals surface area contributed by atoms with Crippen LogP contribution in [0.15, 0.2) is 42.5 Å². The number of ether oxygens (including phenoxy) is 2. The maximum Gasteiger partial charge on any atom is 0.337 e. The summed E-state index contributed by atoms with van der Waals surface area (Å²) in [5.41, 5.74) is 4.76. The Morgan fingerprint density at radius 3 is 2.77 bits per heavy atom. The van der Waals surface area contributed by atoms with Gasteiger partial charge in [-0.25, -0.2) is 14.8 Å². The lowest BCUT2D eigenvalue weighted by molar-refractivity contribution is -0.0589. The molecular formula is C24H23N3O4. The number of benzene rings is 2. The highest BCUT2D eigenvalue weighted by molar-refractivity contribution is 5.93. The van der Waals surface area contributed by atoms with Crippen LogP contribution >= 0.6 is 0 Å². The molecule has 1 atom stereocenters. The number of aromatic nitrogens is 3. The van der Waals surface area contributed by atoms with Crippen LogP contribution in [-0.2, 0) is 22.4 Å².